The number of carbonyl (C=O) groups excluding carboxylic acids is 1. The number of fused-ring (bicyclic) bond motifs is 1. The van der Waals surface area contributed by atoms with Crippen molar-refractivity contribution >= 4 is 66.9 Å². The maximum atomic E-state index is 14.0. The van der Waals surface area contributed by atoms with Gasteiger partial charge in [0.2, 0.25) is 6.43 Å². The molecule has 14 nitrogen and oxygen atoms in total. The van der Waals surface area contributed by atoms with Crippen molar-refractivity contribution in [3.63, 3.8) is 0 Å². The number of hydrogen-bond acceptors (Lipinski definition) is 11. The van der Waals surface area contributed by atoms with Crippen molar-refractivity contribution in [3.8, 4) is 11.5 Å². The molecule has 4 aromatic rings. The fourth-order valence-electron chi connectivity index (χ4n) is 8.91. The van der Waals surface area contributed by atoms with E-state index in [1.54, 1.807) is 25.1 Å². The zero-order valence-electron chi connectivity index (χ0n) is 37.7. The van der Waals surface area contributed by atoms with E-state index in [9.17, 15) is 32.1 Å². The minimum absolute atomic E-state index is 0.0669. The van der Waals surface area contributed by atoms with Crippen molar-refractivity contribution in [3.05, 3.63) is 99.9 Å². The molecule has 2 saturated heterocycles. The van der Waals surface area contributed by atoms with Crippen LogP contribution in [-0.2, 0) is 10.0 Å². The fourth-order valence-corrected chi connectivity index (χ4v) is 10.5. The molecule has 2 aromatic heterocycles. The number of aromatic nitrogens is 2. The number of halogens is 3. The molecule has 7 rings (SSSR count). The summed E-state index contributed by atoms with van der Waals surface area (Å²) in [6.07, 6.45) is 5.80. The standard InChI is InChI=1S/C47H59F2IN8O6S/c1-31(23-32(2)43(48)49)39-27-46(3,4)13-11-34(39)29-55-19-21-56(22-20-55)35-7-9-38(42(25-35)64-36-24-33-12-16-57(50)44(33)51-28-36)45(59)53-65(62,63)37-8-10-40(41(26-37)58(60)61)52-30-47(5)14-17-54(6)18-15-47/h7-10,12,16,24-26,28,32,43,52H,1,11,13-15,17-23,27,29-30H2,2-6H3,(H,53,59). The molecule has 2 aliphatic heterocycles. The Morgan fingerprint density at radius 1 is 1.03 bits per heavy atom. The molecule has 2 fully saturated rings. The van der Waals surface area contributed by atoms with Crippen molar-refractivity contribution in [1.82, 2.24) is 22.3 Å². The highest BCUT2D eigenvalue weighted by Crippen LogP contribution is 2.43. The second kappa shape index (κ2) is 19.7. The van der Waals surface area contributed by atoms with Gasteiger partial charge in [0.15, 0.2) is 0 Å². The van der Waals surface area contributed by atoms with Gasteiger partial charge in [-0.15, -0.1) is 0 Å². The first-order chi connectivity index (χ1) is 30.7. The van der Waals surface area contributed by atoms with Crippen LogP contribution in [0.15, 0.2) is 89.1 Å². The summed E-state index contributed by atoms with van der Waals surface area (Å²) in [4.78, 5) is 36.5. The molecular formula is C47H59F2IN8O6S. The van der Waals surface area contributed by atoms with Crippen LogP contribution in [-0.4, -0.2) is 103 Å². The Kier molecular flexibility index (Phi) is 14.6. The van der Waals surface area contributed by atoms with Gasteiger partial charge in [0, 0.05) is 74.6 Å². The molecule has 18 heteroatoms. The van der Waals surface area contributed by atoms with Crippen molar-refractivity contribution in [2.24, 2.45) is 16.7 Å². The Balaban J connectivity index is 1.09. The number of pyridine rings is 1. The minimum atomic E-state index is -4.59. The molecule has 3 aliphatic rings. The van der Waals surface area contributed by atoms with Gasteiger partial charge >= 0.3 is 0 Å². The topological polar surface area (TPSA) is 155 Å². The number of rotatable bonds is 16. The van der Waals surface area contributed by atoms with Gasteiger partial charge in [-0.2, -0.15) is 0 Å². The van der Waals surface area contributed by atoms with Crippen LogP contribution in [0.3, 0.4) is 0 Å². The van der Waals surface area contributed by atoms with Crippen molar-refractivity contribution in [1.29, 1.82) is 0 Å². The third kappa shape index (κ3) is 11.7. The molecule has 65 heavy (non-hydrogen) atoms. The van der Waals surface area contributed by atoms with E-state index in [0.717, 1.165) is 93.1 Å². The maximum Gasteiger partial charge on any atom is 0.293 e. The molecule has 1 atom stereocenters. The lowest BCUT2D eigenvalue weighted by molar-refractivity contribution is -0.384. The Morgan fingerprint density at radius 3 is 2.45 bits per heavy atom. The quantitative estimate of drug-likeness (QED) is 0.0626. The fraction of sp³-hybridized carbons (Fsp3) is 0.489. The highest BCUT2D eigenvalue weighted by Gasteiger charge is 2.33. The number of anilines is 2. The number of hydrogen-bond donors (Lipinski definition) is 2. The van der Waals surface area contributed by atoms with Crippen LogP contribution in [0.5, 0.6) is 11.5 Å². The van der Waals surface area contributed by atoms with E-state index < -0.39 is 43.8 Å². The van der Waals surface area contributed by atoms with E-state index in [1.165, 1.54) is 30.0 Å². The highest BCUT2D eigenvalue weighted by atomic mass is 127. The number of carbonyl (C=O) groups is 1. The molecule has 4 heterocycles. The van der Waals surface area contributed by atoms with Crippen LogP contribution in [0.25, 0.3) is 11.0 Å². The minimum Gasteiger partial charge on any atom is -0.455 e. The second-order valence-electron chi connectivity index (χ2n) is 19.1. The number of benzene rings is 2. The molecule has 1 amide bonds. The Hall–Kier alpha value is -4.66. The number of nitro groups is 1. The van der Waals surface area contributed by atoms with E-state index in [4.69, 9.17) is 4.74 Å². The molecule has 350 valence electrons. The van der Waals surface area contributed by atoms with Gasteiger partial charge in [0.05, 0.1) is 44.4 Å². The maximum absolute atomic E-state index is 14.0. The summed E-state index contributed by atoms with van der Waals surface area (Å²) >= 11 is 2.12. The lowest BCUT2D eigenvalue weighted by Gasteiger charge is -2.39. The Bertz CT molecular complexity index is 2590. The summed E-state index contributed by atoms with van der Waals surface area (Å²) in [6, 6.07) is 12.2. The number of likely N-dealkylation sites (tertiary alicyclic amines) is 1. The average Bonchev–Trinajstić information content (AvgIpc) is 3.63. The van der Waals surface area contributed by atoms with E-state index in [-0.39, 0.29) is 34.3 Å². The van der Waals surface area contributed by atoms with Gasteiger partial charge in [-0.25, -0.2) is 26.9 Å². The number of amides is 1. The number of piperazine rings is 1. The average molecular weight is 1030 g/mol. The molecule has 2 aromatic carbocycles. The third-order valence-corrected chi connectivity index (χ3v) is 15.4. The number of nitrogens with one attached hydrogen (secondary N) is 2. The molecule has 2 N–H and O–H groups in total. The number of allylic oxidation sites excluding steroid dienone is 2. The Morgan fingerprint density at radius 2 is 1.75 bits per heavy atom. The van der Waals surface area contributed by atoms with Crippen LogP contribution < -0.4 is 19.7 Å². The van der Waals surface area contributed by atoms with Gasteiger partial charge < -0.3 is 19.9 Å². The summed E-state index contributed by atoms with van der Waals surface area (Å²) in [5.74, 6) is -1.31. The van der Waals surface area contributed by atoms with Crippen molar-refractivity contribution in [2.75, 3.05) is 69.6 Å². The third-order valence-electron chi connectivity index (χ3n) is 13.3. The predicted octanol–water partition coefficient (Wildman–Crippen LogP) is 9.67. The van der Waals surface area contributed by atoms with Crippen LogP contribution in [0.2, 0.25) is 0 Å². The van der Waals surface area contributed by atoms with Gasteiger partial charge in [-0.3, -0.25) is 22.6 Å². The van der Waals surface area contributed by atoms with Gasteiger partial charge in [0.1, 0.15) is 22.8 Å². The first-order valence-corrected chi connectivity index (χ1v) is 24.5. The summed E-state index contributed by atoms with van der Waals surface area (Å²) in [5.41, 5.74) is 4.38. The summed E-state index contributed by atoms with van der Waals surface area (Å²) in [7, 11) is -2.53. The second-order valence-corrected chi connectivity index (χ2v) is 21.9. The van der Waals surface area contributed by atoms with Crippen molar-refractivity contribution in [2.45, 2.75) is 77.5 Å². The van der Waals surface area contributed by atoms with E-state index in [0.29, 0.717) is 31.0 Å². The largest absolute Gasteiger partial charge is 0.455 e. The number of alkyl halides is 2. The van der Waals surface area contributed by atoms with Gasteiger partial charge in [-0.05, 0) is 111 Å². The number of sulfonamides is 1. The zero-order chi connectivity index (χ0) is 46.8. The Labute approximate surface area is 394 Å². The monoisotopic (exact) mass is 1030 g/mol. The van der Waals surface area contributed by atoms with Crippen LogP contribution in [0.4, 0.5) is 25.8 Å². The first kappa shape index (κ1) is 48.3. The van der Waals surface area contributed by atoms with Crippen LogP contribution in [0.1, 0.15) is 76.6 Å². The van der Waals surface area contributed by atoms with Crippen LogP contribution in [0, 0.1) is 26.9 Å². The molecular weight excluding hydrogens is 970 g/mol. The number of nitrogens with zero attached hydrogens (tertiary/aromatic N) is 6. The van der Waals surface area contributed by atoms with E-state index in [1.807, 2.05) is 15.0 Å². The van der Waals surface area contributed by atoms with Gasteiger partial charge in [0.25, 0.3) is 21.6 Å². The predicted molar refractivity (Wildman–Crippen MR) is 259 cm³/mol. The van der Waals surface area contributed by atoms with E-state index in [2.05, 4.69) is 87.0 Å². The zero-order valence-corrected chi connectivity index (χ0v) is 40.7. The first-order valence-electron chi connectivity index (χ1n) is 22.1. The molecule has 0 bridgehead atoms. The SMILES string of the molecule is C=C(CC(C)C(F)F)C1=C(CN2CCN(c3ccc(C(=O)NS(=O)(=O)c4ccc(NCC5(C)CCN(C)CC5)c([N+](=O)[O-])c4)c(Oc4cnc5c(ccn5I)c4)c3)CC2)CCC(C)(C)C1. The summed E-state index contributed by atoms with van der Waals surface area (Å²) in [5, 5.41) is 16.2. The van der Waals surface area contributed by atoms with Crippen LogP contribution >= 0.6 is 22.9 Å². The molecule has 0 saturated carbocycles. The van der Waals surface area contributed by atoms with Gasteiger partial charge in [-0.1, -0.05) is 45.4 Å². The normalized spacial score (nSPS) is 18.8. The summed E-state index contributed by atoms with van der Waals surface area (Å²) < 4.78 is 64.9. The van der Waals surface area contributed by atoms with E-state index >= 15 is 0 Å². The molecule has 1 unspecified atom stereocenters. The molecule has 1 aliphatic carbocycles. The van der Waals surface area contributed by atoms with Crippen molar-refractivity contribution < 1.29 is 31.7 Å². The lowest BCUT2D eigenvalue weighted by atomic mass is 9.71. The number of ether oxygens (including phenoxy) is 1. The number of piperidine rings is 1. The lowest BCUT2D eigenvalue weighted by Crippen LogP contribution is -2.47. The highest BCUT2D eigenvalue weighted by molar-refractivity contribution is 14.1. The smallest absolute Gasteiger partial charge is 0.293 e. The molecule has 0 radical (unpaired) electrons. The molecule has 0 spiro atoms. The number of nitro benzene ring substituents is 1. The summed E-state index contributed by atoms with van der Waals surface area (Å²) in [6.45, 7) is 18.2.